The highest BCUT2D eigenvalue weighted by atomic mass is 16.5. The molecule has 140 valence electrons. The van der Waals surface area contributed by atoms with Gasteiger partial charge in [-0.3, -0.25) is 4.79 Å². The number of para-hydroxylation sites is 1. The van der Waals surface area contributed by atoms with Gasteiger partial charge in [-0.25, -0.2) is 9.59 Å². The zero-order valence-electron chi connectivity index (χ0n) is 15.4. The average Bonchev–Trinajstić information content (AvgIpc) is 2.88. The molecule has 0 fully saturated rings. The normalized spacial score (nSPS) is 18.5. The van der Waals surface area contributed by atoms with Crippen LogP contribution in [-0.4, -0.2) is 38.6 Å². The van der Waals surface area contributed by atoms with Crippen molar-refractivity contribution in [1.82, 2.24) is 0 Å². The zero-order valence-corrected chi connectivity index (χ0v) is 15.4. The van der Waals surface area contributed by atoms with Gasteiger partial charge in [0.2, 0.25) is 5.91 Å². The van der Waals surface area contributed by atoms with Crippen molar-refractivity contribution < 1.29 is 23.9 Å². The quantitative estimate of drug-likeness (QED) is 0.607. The summed E-state index contributed by atoms with van der Waals surface area (Å²) in [7, 11) is 2.58. The molecule has 27 heavy (non-hydrogen) atoms. The van der Waals surface area contributed by atoms with E-state index in [1.807, 2.05) is 30.3 Å². The summed E-state index contributed by atoms with van der Waals surface area (Å²) in [4.78, 5) is 38.8. The molecule has 1 aliphatic heterocycles. The number of anilines is 1. The van der Waals surface area contributed by atoms with Crippen molar-refractivity contribution >= 4 is 29.1 Å². The lowest BCUT2D eigenvalue weighted by Gasteiger charge is -2.26. The number of allylic oxidation sites excluding steroid dienone is 2. The van der Waals surface area contributed by atoms with Crippen LogP contribution in [0.25, 0.3) is 5.57 Å². The fourth-order valence-electron chi connectivity index (χ4n) is 3.79. The Bertz CT molecular complexity index is 880. The van der Waals surface area contributed by atoms with E-state index >= 15 is 0 Å². The molecule has 3 rings (SSSR count). The van der Waals surface area contributed by atoms with E-state index in [2.05, 4.69) is 6.58 Å². The average molecular weight is 367 g/mol. The van der Waals surface area contributed by atoms with Crippen molar-refractivity contribution in [3.8, 4) is 0 Å². The molecule has 1 aliphatic carbocycles. The van der Waals surface area contributed by atoms with Crippen LogP contribution in [0.4, 0.5) is 5.69 Å². The van der Waals surface area contributed by atoms with Gasteiger partial charge in [-0.2, -0.15) is 0 Å². The zero-order chi connectivity index (χ0) is 19.6. The standard InChI is InChI=1S/C21H21NO5/c1-4-18(23)22-12-11-15-13(14-7-5-6-8-17(14)22)9-10-16(20(24)26-2)19(15)21(25)27-3/h4-9,15H,1,10-12H2,2-3H3. The van der Waals surface area contributed by atoms with E-state index in [1.165, 1.54) is 20.3 Å². The van der Waals surface area contributed by atoms with Crippen molar-refractivity contribution in [3.05, 3.63) is 59.7 Å². The van der Waals surface area contributed by atoms with Gasteiger partial charge in [-0.05, 0) is 30.6 Å². The molecule has 1 aromatic carbocycles. The maximum absolute atomic E-state index is 12.5. The van der Waals surface area contributed by atoms with E-state index in [4.69, 9.17) is 9.47 Å². The number of hydrogen-bond donors (Lipinski definition) is 0. The summed E-state index contributed by atoms with van der Waals surface area (Å²) in [6.45, 7) is 3.97. The van der Waals surface area contributed by atoms with Gasteiger partial charge in [0.15, 0.2) is 0 Å². The number of carbonyl (C=O) groups excluding carboxylic acids is 3. The van der Waals surface area contributed by atoms with Crippen molar-refractivity contribution in [2.24, 2.45) is 5.92 Å². The molecule has 0 aromatic heterocycles. The summed E-state index contributed by atoms with van der Waals surface area (Å²) in [5.74, 6) is -1.66. The summed E-state index contributed by atoms with van der Waals surface area (Å²) in [5, 5.41) is 0. The first-order chi connectivity index (χ1) is 13.0. The molecular formula is C21H21NO5. The first-order valence-corrected chi connectivity index (χ1v) is 8.66. The van der Waals surface area contributed by atoms with Crippen LogP contribution >= 0.6 is 0 Å². The Morgan fingerprint density at radius 3 is 2.52 bits per heavy atom. The Morgan fingerprint density at radius 1 is 1.15 bits per heavy atom. The van der Waals surface area contributed by atoms with Gasteiger partial charge in [0.1, 0.15) is 0 Å². The molecule has 0 saturated heterocycles. The molecule has 6 nitrogen and oxygen atoms in total. The first kappa shape index (κ1) is 18.6. The Hall–Kier alpha value is -3.15. The van der Waals surface area contributed by atoms with Crippen molar-refractivity contribution in [2.45, 2.75) is 12.8 Å². The predicted molar refractivity (Wildman–Crippen MR) is 101 cm³/mol. The SMILES string of the molecule is C=CC(=O)N1CCC2C(=CCC(C(=O)OC)=C2C(=O)OC)c2ccccc21. The molecule has 0 spiro atoms. The first-order valence-electron chi connectivity index (χ1n) is 8.66. The number of rotatable bonds is 3. The number of carbonyl (C=O) groups is 3. The van der Waals surface area contributed by atoms with E-state index in [0.717, 1.165) is 16.8 Å². The lowest BCUT2D eigenvalue weighted by atomic mass is 9.77. The Morgan fingerprint density at radius 2 is 1.85 bits per heavy atom. The molecule has 1 heterocycles. The molecule has 2 aliphatic rings. The maximum atomic E-state index is 12.5. The topological polar surface area (TPSA) is 72.9 Å². The number of esters is 2. The molecule has 1 atom stereocenters. The second-order valence-corrected chi connectivity index (χ2v) is 6.29. The van der Waals surface area contributed by atoms with Crippen LogP contribution in [0.3, 0.4) is 0 Å². The Labute approximate surface area is 157 Å². The number of ether oxygens (including phenoxy) is 2. The highest BCUT2D eigenvalue weighted by Gasteiger charge is 2.38. The Balaban J connectivity index is 2.17. The summed E-state index contributed by atoms with van der Waals surface area (Å²) >= 11 is 0. The van der Waals surface area contributed by atoms with Crippen LogP contribution < -0.4 is 4.90 Å². The lowest BCUT2D eigenvalue weighted by Crippen LogP contribution is -2.31. The fourth-order valence-corrected chi connectivity index (χ4v) is 3.79. The smallest absolute Gasteiger partial charge is 0.334 e. The highest BCUT2D eigenvalue weighted by Crippen LogP contribution is 2.45. The van der Waals surface area contributed by atoms with Gasteiger partial charge in [-0.1, -0.05) is 30.9 Å². The summed E-state index contributed by atoms with van der Waals surface area (Å²) in [6.07, 6.45) is 3.96. The largest absolute Gasteiger partial charge is 0.466 e. The highest BCUT2D eigenvalue weighted by molar-refractivity contribution is 6.07. The number of benzene rings is 1. The van der Waals surface area contributed by atoms with Crippen LogP contribution in [0.1, 0.15) is 18.4 Å². The fraction of sp³-hybridized carbons (Fsp3) is 0.286. The number of amides is 1. The van der Waals surface area contributed by atoms with E-state index in [1.54, 1.807) is 4.90 Å². The number of methoxy groups -OCH3 is 2. The second-order valence-electron chi connectivity index (χ2n) is 6.29. The van der Waals surface area contributed by atoms with Crippen LogP contribution in [0.2, 0.25) is 0 Å². The molecule has 0 radical (unpaired) electrons. The summed E-state index contributed by atoms with van der Waals surface area (Å²) in [6, 6.07) is 7.54. The number of hydrogen-bond acceptors (Lipinski definition) is 5. The maximum Gasteiger partial charge on any atom is 0.334 e. The third kappa shape index (κ3) is 3.18. The molecule has 0 N–H and O–H groups in total. The van der Waals surface area contributed by atoms with Crippen molar-refractivity contribution in [3.63, 3.8) is 0 Å². The van der Waals surface area contributed by atoms with E-state index in [0.29, 0.717) is 24.1 Å². The van der Waals surface area contributed by atoms with E-state index < -0.39 is 11.9 Å². The van der Waals surface area contributed by atoms with Crippen molar-refractivity contribution in [2.75, 3.05) is 25.7 Å². The number of fused-ring (bicyclic) bond motifs is 3. The van der Waals surface area contributed by atoms with Crippen LogP contribution in [0.5, 0.6) is 0 Å². The Kier molecular flexibility index (Phi) is 5.26. The van der Waals surface area contributed by atoms with Gasteiger partial charge < -0.3 is 14.4 Å². The van der Waals surface area contributed by atoms with E-state index in [9.17, 15) is 14.4 Å². The van der Waals surface area contributed by atoms with Gasteiger partial charge in [0, 0.05) is 18.0 Å². The molecule has 1 amide bonds. The minimum absolute atomic E-state index is 0.210. The molecule has 0 bridgehead atoms. The van der Waals surface area contributed by atoms with Gasteiger partial charge in [-0.15, -0.1) is 0 Å². The van der Waals surface area contributed by atoms with Gasteiger partial charge in [0.25, 0.3) is 0 Å². The molecule has 1 unspecified atom stereocenters. The predicted octanol–water partition coefficient (Wildman–Crippen LogP) is 2.66. The minimum Gasteiger partial charge on any atom is -0.466 e. The lowest BCUT2D eigenvalue weighted by molar-refractivity contribution is -0.139. The monoisotopic (exact) mass is 367 g/mol. The van der Waals surface area contributed by atoms with Gasteiger partial charge in [0.05, 0.1) is 31.1 Å². The second kappa shape index (κ2) is 7.61. The van der Waals surface area contributed by atoms with E-state index in [-0.39, 0.29) is 18.2 Å². The molecule has 1 aromatic rings. The minimum atomic E-state index is -0.549. The van der Waals surface area contributed by atoms with Gasteiger partial charge >= 0.3 is 11.9 Å². The van der Waals surface area contributed by atoms with Crippen molar-refractivity contribution in [1.29, 1.82) is 0 Å². The van der Waals surface area contributed by atoms with Crippen LogP contribution in [-0.2, 0) is 23.9 Å². The molecular weight excluding hydrogens is 346 g/mol. The number of nitrogens with zero attached hydrogens (tertiary/aromatic N) is 1. The summed E-state index contributed by atoms with van der Waals surface area (Å²) < 4.78 is 9.82. The molecule has 0 saturated carbocycles. The summed E-state index contributed by atoms with van der Waals surface area (Å²) in [5.41, 5.74) is 3.16. The van der Waals surface area contributed by atoms with Crippen LogP contribution in [0, 0.1) is 5.92 Å². The third-order valence-corrected chi connectivity index (χ3v) is 5.00. The third-order valence-electron chi connectivity index (χ3n) is 5.00. The van der Waals surface area contributed by atoms with Crippen LogP contribution in [0.15, 0.2) is 54.1 Å². The molecule has 6 heteroatoms.